The molecule has 1 N–H and O–H groups in total. The zero-order valence-corrected chi connectivity index (χ0v) is 18.7. The van der Waals surface area contributed by atoms with Crippen molar-refractivity contribution in [3.8, 4) is 34.1 Å². The number of nitrogens with one attached hydrogen (secondary N) is 1. The van der Waals surface area contributed by atoms with Gasteiger partial charge in [-0.25, -0.2) is 12.8 Å². The van der Waals surface area contributed by atoms with Gasteiger partial charge in [0.05, 0.1) is 33.1 Å². The molecule has 4 rings (SSSR count). The largest absolute Gasteiger partial charge is 0.493 e. The molecule has 32 heavy (non-hydrogen) atoms. The van der Waals surface area contributed by atoms with Crippen molar-refractivity contribution in [2.75, 3.05) is 32.3 Å². The van der Waals surface area contributed by atoms with Gasteiger partial charge in [-0.2, -0.15) is 0 Å². The summed E-state index contributed by atoms with van der Waals surface area (Å²) in [5.41, 5.74) is 2.88. The summed E-state index contributed by atoms with van der Waals surface area (Å²) < 4.78 is 62.8. The molecular weight excluding hydrogens is 437 g/mol. The van der Waals surface area contributed by atoms with E-state index in [0.717, 1.165) is 11.8 Å². The molecule has 1 aliphatic rings. The number of methoxy groups -OCH3 is 3. The topological polar surface area (TPSA) is 83.1 Å². The standard InChI is InChI=1S/C23H22FNO6S/c1-28-18-9-5-13(11-20(18)29-2)22-16-12-14(25-32(4,26)27)6-7-15(16)21-19(31-22)10-8-17(24)23(21)30-3/h5-12,22,25H,1-4H3. The predicted molar refractivity (Wildman–Crippen MR) is 119 cm³/mol. The normalized spacial score (nSPS) is 14.6. The van der Waals surface area contributed by atoms with Crippen molar-refractivity contribution >= 4 is 15.7 Å². The summed E-state index contributed by atoms with van der Waals surface area (Å²) in [5, 5.41) is 0. The van der Waals surface area contributed by atoms with E-state index in [1.54, 1.807) is 43.5 Å². The lowest BCUT2D eigenvalue weighted by atomic mass is 9.88. The molecule has 0 fully saturated rings. The highest BCUT2D eigenvalue weighted by Gasteiger charge is 2.32. The van der Waals surface area contributed by atoms with E-state index in [9.17, 15) is 12.8 Å². The van der Waals surface area contributed by atoms with Crippen molar-refractivity contribution in [3.05, 3.63) is 65.5 Å². The summed E-state index contributed by atoms with van der Waals surface area (Å²) in [6.07, 6.45) is 0.455. The number of anilines is 1. The summed E-state index contributed by atoms with van der Waals surface area (Å²) in [6, 6.07) is 13.2. The number of benzene rings is 3. The van der Waals surface area contributed by atoms with Gasteiger partial charge in [-0.3, -0.25) is 4.72 Å². The molecule has 0 spiro atoms. The molecule has 3 aromatic rings. The van der Waals surface area contributed by atoms with Gasteiger partial charge in [-0.05, 0) is 42.0 Å². The monoisotopic (exact) mass is 459 g/mol. The third kappa shape index (κ3) is 3.91. The first kappa shape index (κ1) is 21.8. The average molecular weight is 459 g/mol. The SMILES string of the molecule is COc1ccc(C2Oc3ccc(F)c(OC)c3-c3ccc(NS(C)(=O)=O)cc32)cc1OC. The van der Waals surface area contributed by atoms with E-state index in [2.05, 4.69) is 4.72 Å². The number of hydrogen-bond acceptors (Lipinski definition) is 6. The van der Waals surface area contributed by atoms with Gasteiger partial charge in [0.2, 0.25) is 10.0 Å². The van der Waals surface area contributed by atoms with Crippen molar-refractivity contribution < 1.29 is 31.8 Å². The van der Waals surface area contributed by atoms with Crippen LogP contribution in [0.3, 0.4) is 0 Å². The van der Waals surface area contributed by atoms with Crippen LogP contribution >= 0.6 is 0 Å². The van der Waals surface area contributed by atoms with E-state index in [4.69, 9.17) is 18.9 Å². The number of hydrogen-bond donors (Lipinski definition) is 1. The molecule has 1 aliphatic heterocycles. The summed E-state index contributed by atoms with van der Waals surface area (Å²) in [7, 11) is 0.972. The molecular formula is C23H22FNO6S. The number of rotatable bonds is 6. The minimum Gasteiger partial charge on any atom is -0.493 e. The van der Waals surface area contributed by atoms with Crippen LogP contribution in [-0.4, -0.2) is 36.0 Å². The average Bonchev–Trinajstić information content (AvgIpc) is 2.76. The van der Waals surface area contributed by atoms with E-state index < -0.39 is 21.9 Å². The van der Waals surface area contributed by atoms with Crippen LogP contribution in [0, 0.1) is 5.82 Å². The van der Waals surface area contributed by atoms with Gasteiger partial charge in [-0.1, -0.05) is 12.1 Å². The maximum absolute atomic E-state index is 14.5. The molecule has 0 bridgehead atoms. The molecule has 168 valence electrons. The highest BCUT2D eigenvalue weighted by molar-refractivity contribution is 7.92. The maximum atomic E-state index is 14.5. The minimum atomic E-state index is -3.50. The summed E-state index contributed by atoms with van der Waals surface area (Å²) >= 11 is 0. The number of ether oxygens (including phenoxy) is 4. The van der Waals surface area contributed by atoms with E-state index in [-0.39, 0.29) is 5.75 Å². The Bertz CT molecular complexity index is 1290. The molecule has 1 unspecified atom stereocenters. The molecule has 0 amide bonds. The summed E-state index contributed by atoms with van der Waals surface area (Å²) in [4.78, 5) is 0. The fourth-order valence-electron chi connectivity index (χ4n) is 3.83. The predicted octanol–water partition coefficient (Wildman–Crippen LogP) is 4.37. The molecule has 9 heteroatoms. The Morgan fingerprint density at radius 3 is 2.34 bits per heavy atom. The second-order valence-electron chi connectivity index (χ2n) is 7.24. The Hall–Kier alpha value is -3.46. The van der Waals surface area contributed by atoms with Crippen LogP contribution in [0.1, 0.15) is 17.2 Å². The Labute approximate surface area is 185 Å². The lowest BCUT2D eigenvalue weighted by molar-refractivity contribution is 0.240. The van der Waals surface area contributed by atoms with Gasteiger partial charge in [0.1, 0.15) is 11.9 Å². The molecule has 0 aromatic heterocycles. The van der Waals surface area contributed by atoms with E-state index in [1.165, 1.54) is 20.3 Å². The first-order valence-corrected chi connectivity index (χ1v) is 11.5. The first-order chi connectivity index (χ1) is 15.3. The van der Waals surface area contributed by atoms with Gasteiger partial charge in [0, 0.05) is 16.8 Å². The Morgan fingerprint density at radius 1 is 0.938 bits per heavy atom. The van der Waals surface area contributed by atoms with Crippen molar-refractivity contribution in [1.29, 1.82) is 0 Å². The zero-order chi connectivity index (χ0) is 23.0. The highest BCUT2D eigenvalue weighted by atomic mass is 32.2. The van der Waals surface area contributed by atoms with Crippen LogP contribution < -0.4 is 23.7 Å². The second-order valence-corrected chi connectivity index (χ2v) is 8.99. The number of fused-ring (bicyclic) bond motifs is 3. The highest BCUT2D eigenvalue weighted by Crippen LogP contribution is 2.50. The molecule has 0 saturated heterocycles. The van der Waals surface area contributed by atoms with Gasteiger partial charge >= 0.3 is 0 Å². The molecule has 1 heterocycles. The summed E-state index contributed by atoms with van der Waals surface area (Å²) in [6.45, 7) is 0. The maximum Gasteiger partial charge on any atom is 0.229 e. The van der Waals surface area contributed by atoms with Crippen molar-refractivity contribution in [2.24, 2.45) is 0 Å². The molecule has 0 radical (unpaired) electrons. The molecule has 3 aromatic carbocycles. The fourth-order valence-corrected chi connectivity index (χ4v) is 4.39. The van der Waals surface area contributed by atoms with Crippen molar-refractivity contribution in [3.63, 3.8) is 0 Å². The number of halogens is 1. The number of sulfonamides is 1. The quantitative estimate of drug-likeness (QED) is 0.589. The van der Waals surface area contributed by atoms with Crippen LogP contribution in [-0.2, 0) is 10.0 Å². The second kappa shape index (κ2) is 8.23. The Balaban J connectivity index is 1.94. The zero-order valence-electron chi connectivity index (χ0n) is 17.9. The Morgan fingerprint density at radius 2 is 1.69 bits per heavy atom. The molecule has 7 nitrogen and oxygen atoms in total. The molecule has 0 saturated carbocycles. The third-order valence-corrected chi connectivity index (χ3v) is 5.74. The van der Waals surface area contributed by atoms with Gasteiger partial charge in [-0.15, -0.1) is 0 Å². The summed E-state index contributed by atoms with van der Waals surface area (Å²) in [5.74, 6) is 1.05. The lowest BCUT2D eigenvalue weighted by Gasteiger charge is -2.31. The third-order valence-electron chi connectivity index (χ3n) is 5.14. The van der Waals surface area contributed by atoms with Crippen LogP contribution in [0.25, 0.3) is 11.1 Å². The molecule has 1 atom stereocenters. The molecule has 0 aliphatic carbocycles. The van der Waals surface area contributed by atoms with Crippen LogP contribution in [0.4, 0.5) is 10.1 Å². The first-order valence-electron chi connectivity index (χ1n) is 9.63. The Kier molecular flexibility index (Phi) is 5.60. The fraction of sp³-hybridized carbons (Fsp3) is 0.217. The smallest absolute Gasteiger partial charge is 0.229 e. The van der Waals surface area contributed by atoms with E-state index >= 15 is 0 Å². The van der Waals surface area contributed by atoms with Gasteiger partial charge in [0.25, 0.3) is 0 Å². The lowest BCUT2D eigenvalue weighted by Crippen LogP contribution is -2.17. The van der Waals surface area contributed by atoms with Crippen LogP contribution in [0.5, 0.6) is 23.0 Å². The van der Waals surface area contributed by atoms with E-state index in [1.807, 2.05) is 6.07 Å². The minimum absolute atomic E-state index is 0.0540. The van der Waals surface area contributed by atoms with Crippen molar-refractivity contribution in [1.82, 2.24) is 0 Å². The van der Waals surface area contributed by atoms with E-state index in [0.29, 0.717) is 39.6 Å². The van der Waals surface area contributed by atoms with Crippen molar-refractivity contribution in [2.45, 2.75) is 6.10 Å². The van der Waals surface area contributed by atoms with Gasteiger partial charge in [0.15, 0.2) is 23.1 Å². The van der Waals surface area contributed by atoms with Gasteiger partial charge < -0.3 is 18.9 Å². The van der Waals surface area contributed by atoms with Crippen LogP contribution in [0.2, 0.25) is 0 Å². The van der Waals surface area contributed by atoms with Crippen LogP contribution in [0.15, 0.2) is 48.5 Å².